The monoisotopic (exact) mass is 205 g/mol. The smallest absolute Gasteiger partial charge is 0.214 e. The van der Waals surface area contributed by atoms with Gasteiger partial charge in [-0.15, -0.1) is 11.3 Å². The van der Waals surface area contributed by atoms with Crippen LogP contribution in [0.2, 0.25) is 0 Å². The molecule has 1 N–H and O–H groups in total. The molecule has 3 nitrogen and oxygen atoms in total. The van der Waals surface area contributed by atoms with Crippen molar-refractivity contribution >= 4 is 21.4 Å². The molecule has 0 fully saturated rings. The number of hydrogen-bond donors (Lipinski definition) is 1. The zero-order chi connectivity index (χ0) is 9.35. The van der Waals surface area contributed by atoms with Crippen LogP contribution >= 0.6 is 11.3 Å². The van der Waals surface area contributed by atoms with Crippen LogP contribution in [-0.4, -0.2) is 15.5 Å². The molecule has 12 heavy (non-hydrogen) atoms. The maximum Gasteiger partial charge on any atom is 0.250 e. The van der Waals surface area contributed by atoms with E-state index in [9.17, 15) is 8.42 Å². The van der Waals surface area contributed by atoms with E-state index in [1.807, 2.05) is 13.0 Å². The van der Waals surface area contributed by atoms with Crippen molar-refractivity contribution in [2.24, 2.45) is 0 Å². The highest BCUT2D eigenvalue weighted by Crippen LogP contribution is 2.25. The summed E-state index contributed by atoms with van der Waals surface area (Å²) in [5, 5.41) is 0. The summed E-state index contributed by atoms with van der Waals surface area (Å²) >= 11 is 1.30. The largest absolute Gasteiger partial charge is 0.250 e. The Bertz CT molecular complexity index is 378. The Balaban J connectivity index is 3.29. The molecule has 0 saturated carbocycles. The number of rotatable bonds is 2. The van der Waals surface area contributed by atoms with Crippen LogP contribution in [0.25, 0.3) is 0 Å². The van der Waals surface area contributed by atoms with E-state index in [-0.39, 0.29) is 0 Å². The van der Waals surface area contributed by atoms with Crippen molar-refractivity contribution in [3.63, 3.8) is 0 Å². The van der Waals surface area contributed by atoms with Crippen LogP contribution in [0.3, 0.4) is 0 Å². The fourth-order valence-electron chi connectivity index (χ4n) is 0.979. The number of thiophene rings is 1. The van der Waals surface area contributed by atoms with E-state index in [0.29, 0.717) is 4.21 Å². The average molecular weight is 205 g/mol. The third-order valence-electron chi connectivity index (χ3n) is 1.51. The van der Waals surface area contributed by atoms with E-state index in [0.717, 1.165) is 10.4 Å². The molecule has 0 aliphatic rings. The first-order valence-electron chi connectivity index (χ1n) is 3.48. The summed E-state index contributed by atoms with van der Waals surface area (Å²) in [7, 11) is -1.82. The van der Waals surface area contributed by atoms with Crippen LogP contribution in [0.1, 0.15) is 10.4 Å². The predicted octanol–water partition coefficient (Wildman–Crippen LogP) is 1.27. The third kappa shape index (κ3) is 1.68. The van der Waals surface area contributed by atoms with Gasteiger partial charge >= 0.3 is 0 Å². The summed E-state index contributed by atoms with van der Waals surface area (Å²) in [6, 6.07) is 1.87. The van der Waals surface area contributed by atoms with E-state index < -0.39 is 10.0 Å². The fourth-order valence-corrected chi connectivity index (χ4v) is 3.48. The SMILES string of the molecule is CNS(=O)(=O)c1sc(C)cc1C. The molecule has 1 aromatic heterocycles. The van der Waals surface area contributed by atoms with Gasteiger partial charge in [-0.25, -0.2) is 13.1 Å². The summed E-state index contributed by atoms with van der Waals surface area (Å²) < 4.78 is 25.4. The van der Waals surface area contributed by atoms with Gasteiger partial charge < -0.3 is 0 Å². The van der Waals surface area contributed by atoms with Gasteiger partial charge in [0.05, 0.1) is 0 Å². The Labute approximate surface area is 76.5 Å². The Morgan fingerprint density at radius 3 is 2.33 bits per heavy atom. The van der Waals surface area contributed by atoms with Crippen LogP contribution in [0, 0.1) is 13.8 Å². The van der Waals surface area contributed by atoms with Gasteiger partial charge in [-0.3, -0.25) is 0 Å². The molecule has 0 atom stereocenters. The van der Waals surface area contributed by atoms with Gasteiger partial charge in [0.25, 0.3) is 0 Å². The summed E-state index contributed by atoms with van der Waals surface area (Å²) in [6.07, 6.45) is 0. The molecule has 1 rings (SSSR count). The van der Waals surface area contributed by atoms with Gasteiger partial charge in [0, 0.05) is 4.88 Å². The molecular formula is C7H11NO2S2. The Morgan fingerprint density at radius 1 is 1.42 bits per heavy atom. The lowest BCUT2D eigenvalue weighted by molar-refractivity contribution is 0.590. The Kier molecular flexibility index (Phi) is 2.55. The number of hydrogen-bond acceptors (Lipinski definition) is 3. The maximum absolute atomic E-state index is 11.3. The molecule has 68 valence electrons. The minimum absolute atomic E-state index is 0.419. The van der Waals surface area contributed by atoms with Crippen molar-refractivity contribution in [1.29, 1.82) is 0 Å². The average Bonchev–Trinajstić information content (AvgIpc) is 2.31. The lowest BCUT2D eigenvalue weighted by Gasteiger charge is -1.98. The molecule has 0 aromatic carbocycles. The van der Waals surface area contributed by atoms with Crippen molar-refractivity contribution in [3.05, 3.63) is 16.5 Å². The molecule has 5 heteroatoms. The van der Waals surface area contributed by atoms with Crippen molar-refractivity contribution in [1.82, 2.24) is 4.72 Å². The maximum atomic E-state index is 11.3. The summed E-state index contributed by atoms with van der Waals surface area (Å²) in [5.41, 5.74) is 0.812. The summed E-state index contributed by atoms with van der Waals surface area (Å²) in [5.74, 6) is 0. The quantitative estimate of drug-likeness (QED) is 0.790. The molecule has 0 aliphatic carbocycles. The number of aryl methyl sites for hydroxylation is 2. The molecule has 0 spiro atoms. The topological polar surface area (TPSA) is 46.2 Å². The summed E-state index contributed by atoms with van der Waals surface area (Å²) in [6.45, 7) is 3.69. The zero-order valence-corrected chi connectivity index (χ0v) is 8.84. The Morgan fingerprint density at radius 2 is 2.00 bits per heavy atom. The van der Waals surface area contributed by atoms with Crippen LogP contribution in [0.5, 0.6) is 0 Å². The van der Waals surface area contributed by atoms with E-state index in [2.05, 4.69) is 4.72 Å². The van der Waals surface area contributed by atoms with Crippen LogP contribution in [0.4, 0.5) is 0 Å². The first kappa shape index (κ1) is 9.70. The van der Waals surface area contributed by atoms with E-state index >= 15 is 0 Å². The molecule has 0 radical (unpaired) electrons. The van der Waals surface area contributed by atoms with Crippen LogP contribution in [0.15, 0.2) is 10.3 Å². The van der Waals surface area contributed by atoms with Crippen molar-refractivity contribution in [2.75, 3.05) is 7.05 Å². The fraction of sp³-hybridized carbons (Fsp3) is 0.429. The molecule has 0 aliphatic heterocycles. The second kappa shape index (κ2) is 3.16. The number of nitrogens with one attached hydrogen (secondary N) is 1. The molecular weight excluding hydrogens is 194 g/mol. The van der Waals surface area contributed by atoms with Gasteiger partial charge in [0.15, 0.2) is 0 Å². The van der Waals surface area contributed by atoms with Gasteiger partial charge in [-0.1, -0.05) is 0 Å². The molecule has 0 saturated heterocycles. The van der Waals surface area contributed by atoms with E-state index in [1.54, 1.807) is 6.92 Å². The van der Waals surface area contributed by atoms with E-state index in [4.69, 9.17) is 0 Å². The predicted molar refractivity (Wildman–Crippen MR) is 50.0 cm³/mol. The zero-order valence-electron chi connectivity index (χ0n) is 7.21. The molecule has 1 heterocycles. The van der Waals surface area contributed by atoms with Crippen LogP contribution < -0.4 is 4.72 Å². The highest BCUT2D eigenvalue weighted by atomic mass is 32.2. The molecule has 1 aromatic rings. The highest BCUT2D eigenvalue weighted by Gasteiger charge is 2.16. The minimum Gasteiger partial charge on any atom is -0.214 e. The van der Waals surface area contributed by atoms with Gasteiger partial charge in [-0.05, 0) is 32.5 Å². The van der Waals surface area contributed by atoms with Crippen molar-refractivity contribution in [2.45, 2.75) is 18.1 Å². The molecule has 0 unspecified atom stereocenters. The first-order valence-corrected chi connectivity index (χ1v) is 5.78. The van der Waals surface area contributed by atoms with Gasteiger partial charge in [0.1, 0.15) is 4.21 Å². The van der Waals surface area contributed by atoms with Crippen molar-refractivity contribution in [3.8, 4) is 0 Å². The second-order valence-corrected chi connectivity index (χ2v) is 5.87. The summed E-state index contributed by atoms with van der Waals surface area (Å²) in [4.78, 5) is 1.02. The van der Waals surface area contributed by atoms with Crippen molar-refractivity contribution < 1.29 is 8.42 Å². The first-order chi connectivity index (χ1) is 5.47. The normalized spacial score (nSPS) is 11.9. The molecule has 0 bridgehead atoms. The number of sulfonamides is 1. The lowest BCUT2D eigenvalue weighted by atomic mass is 10.4. The highest BCUT2D eigenvalue weighted by molar-refractivity contribution is 7.91. The van der Waals surface area contributed by atoms with E-state index in [1.165, 1.54) is 18.4 Å². The molecule has 0 amide bonds. The second-order valence-electron chi connectivity index (χ2n) is 2.54. The standard InChI is InChI=1S/C7H11NO2S2/c1-5-4-6(2)11-7(5)12(9,10)8-3/h4,8H,1-3H3. The van der Waals surface area contributed by atoms with Crippen LogP contribution in [-0.2, 0) is 10.0 Å². The van der Waals surface area contributed by atoms with Gasteiger partial charge in [0.2, 0.25) is 10.0 Å². The lowest BCUT2D eigenvalue weighted by Crippen LogP contribution is -2.17. The third-order valence-corrected chi connectivity index (χ3v) is 4.71. The Hall–Kier alpha value is -0.390. The minimum atomic E-state index is -3.24. The van der Waals surface area contributed by atoms with Gasteiger partial charge in [-0.2, -0.15) is 0 Å².